The first-order valence-electron chi connectivity index (χ1n) is 9.14. The molecule has 1 fully saturated rings. The van der Waals surface area contributed by atoms with Crippen LogP contribution in [0.15, 0.2) is 41.8 Å². The lowest BCUT2D eigenvalue weighted by Gasteiger charge is -2.29. The van der Waals surface area contributed by atoms with Gasteiger partial charge in [-0.15, -0.1) is 11.3 Å². The second-order valence-corrected chi connectivity index (χ2v) is 7.61. The molecule has 1 saturated heterocycles. The smallest absolute Gasteiger partial charge is 0.242 e. The molecular weight excluding hydrogens is 330 g/mol. The number of amides is 1. The molecule has 5 heteroatoms. The van der Waals surface area contributed by atoms with Gasteiger partial charge in [-0.25, -0.2) is 0 Å². The third kappa shape index (κ3) is 5.23. The van der Waals surface area contributed by atoms with Gasteiger partial charge in [-0.2, -0.15) is 0 Å². The molecule has 1 atom stereocenters. The van der Waals surface area contributed by atoms with Crippen molar-refractivity contribution in [3.63, 3.8) is 0 Å². The zero-order chi connectivity index (χ0) is 17.5. The molecular formula is C20H27N3OS. The molecule has 3 rings (SSSR count). The summed E-state index contributed by atoms with van der Waals surface area (Å²) in [6.45, 7) is 4.88. The number of anilines is 2. The largest absolute Gasteiger partial charge is 0.374 e. The number of hydrogen-bond donors (Lipinski definition) is 2. The maximum atomic E-state index is 12.2. The number of rotatable bonds is 7. The number of piperidine rings is 1. The Morgan fingerprint density at radius 1 is 1.16 bits per heavy atom. The third-order valence-corrected chi connectivity index (χ3v) is 5.55. The van der Waals surface area contributed by atoms with Crippen LogP contribution in [0.25, 0.3) is 0 Å². The molecule has 0 radical (unpaired) electrons. The molecule has 0 aliphatic carbocycles. The van der Waals surface area contributed by atoms with Gasteiger partial charge in [-0.05, 0) is 68.3 Å². The lowest BCUT2D eigenvalue weighted by atomic mass is 10.1. The minimum absolute atomic E-state index is 0.0386. The van der Waals surface area contributed by atoms with Crippen LogP contribution in [0.5, 0.6) is 0 Å². The molecule has 0 bridgehead atoms. The molecule has 1 unspecified atom stereocenters. The van der Waals surface area contributed by atoms with Crippen molar-refractivity contribution in [1.29, 1.82) is 0 Å². The van der Waals surface area contributed by atoms with E-state index < -0.39 is 0 Å². The number of carbonyl (C=O) groups is 1. The lowest BCUT2D eigenvalue weighted by molar-refractivity contribution is -0.121. The predicted octanol–water partition coefficient (Wildman–Crippen LogP) is 3.90. The van der Waals surface area contributed by atoms with E-state index in [0.717, 1.165) is 25.2 Å². The summed E-state index contributed by atoms with van der Waals surface area (Å²) >= 11 is 1.73. The van der Waals surface area contributed by atoms with Gasteiger partial charge in [0.05, 0.1) is 0 Å². The minimum Gasteiger partial charge on any atom is -0.374 e. The fraction of sp³-hybridized carbons (Fsp3) is 0.450. The first-order chi connectivity index (χ1) is 12.2. The molecule has 2 N–H and O–H groups in total. The Hall–Kier alpha value is -2.01. The number of benzene rings is 1. The summed E-state index contributed by atoms with van der Waals surface area (Å²) in [5.41, 5.74) is 2.26. The van der Waals surface area contributed by atoms with E-state index in [0.29, 0.717) is 6.54 Å². The fourth-order valence-electron chi connectivity index (χ4n) is 3.15. The number of hydrogen-bond acceptors (Lipinski definition) is 4. The molecule has 25 heavy (non-hydrogen) atoms. The molecule has 1 aromatic heterocycles. The van der Waals surface area contributed by atoms with E-state index in [4.69, 9.17) is 0 Å². The van der Waals surface area contributed by atoms with Crippen LogP contribution in [0.3, 0.4) is 0 Å². The van der Waals surface area contributed by atoms with Gasteiger partial charge in [-0.3, -0.25) is 4.79 Å². The normalized spacial score (nSPS) is 15.6. The van der Waals surface area contributed by atoms with Crippen LogP contribution in [-0.2, 0) is 11.2 Å². The number of carbonyl (C=O) groups excluding carboxylic acids is 1. The van der Waals surface area contributed by atoms with Crippen LogP contribution in [0.4, 0.5) is 11.4 Å². The van der Waals surface area contributed by atoms with E-state index in [1.54, 1.807) is 11.3 Å². The highest BCUT2D eigenvalue weighted by Gasteiger charge is 2.13. The first kappa shape index (κ1) is 17.8. The number of nitrogens with one attached hydrogen (secondary N) is 2. The maximum absolute atomic E-state index is 12.2. The van der Waals surface area contributed by atoms with Crippen LogP contribution >= 0.6 is 11.3 Å². The zero-order valence-electron chi connectivity index (χ0n) is 14.8. The van der Waals surface area contributed by atoms with Gasteiger partial charge >= 0.3 is 0 Å². The van der Waals surface area contributed by atoms with E-state index in [1.807, 2.05) is 13.0 Å². The summed E-state index contributed by atoms with van der Waals surface area (Å²) in [4.78, 5) is 16.0. The minimum atomic E-state index is -0.246. The van der Waals surface area contributed by atoms with Gasteiger partial charge in [0.25, 0.3) is 0 Å². The van der Waals surface area contributed by atoms with Gasteiger partial charge < -0.3 is 15.5 Å². The van der Waals surface area contributed by atoms with Crippen molar-refractivity contribution >= 4 is 28.6 Å². The Morgan fingerprint density at radius 2 is 1.92 bits per heavy atom. The van der Waals surface area contributed by atoms with Crippen molar-refractivity contribution in [3.8, 4) is 0 Å². The highest BCUT2D eigenvalue weighted by atomic mass is 32.1. The summed E-state index contributed by atoms with van der Waals surface area (Å²) in [6, 6.07) is 12.3. The predicted molar refractivity (Wildman–Crippen MR) is 107 cm³/mol. The second kappa shape index (κ2) is 8.90. The SMILES string of the molecule is CC(Nc1ccc(N2CCCCC2)cc1)C(=O)NCCc1cccs1. The van der Waals surface area contributed by atoms with Gasteiger partial charge in [0.15, 0.2) is 0 Å². The van der Waals surface area contributed by atoms with Crippen molar-refractivity contribution in [3.05, 3.63) is 46.7 Å². The van der Waals surface area contributed by atoms with E-state index in [-0.39, 0.29) is 11.9 Å². The Balaban J connectivity index is 1.44. The Morgan fingerprint density at radius 3 is 2.60 bits per heavy atom. The first-order valence-corrected chi connectivity index (χ1v) is 10.0. The van der Waals surface area contributed by atoms with Crippen molar-refractivity contribution < 1.29 is 4.79 Å². The second-order valence-electron chi connectivity index (χ2n) is 6.58. The number of nitrogens with zero attached hydrogens (tertiary/aromatic N) is 1. The molecule has 2 heterocycles. The van der Waals surface area contributed by atoms with Gasteiger partial charge in [0.2, 0.25) is 5.91 Å². The Labute approximate surface area is 154 Å². The van der Waals surface area contributed by atoms with E-state index in [1.165, 1.54) is 29.8 Å². The highest BCUT2D eigenvalue weighted by molar-refractivity contribution is 7.09. The average molecular weight is 358 g/mol. The molecule has 0 spiro atoms. The van der Waals surface area contributed by atoms with Crippen LogP contribution in [0, 0.1) is 0 Å². The van der Waals surface area contributed by atoms with Gasteiger partial charge in [0.1, 0.15) is 6.04 Å². The molecule has 1 aliphatic rings. The summed E-state index contributed by atoms with van der Waals surface area (Å²) in [7, 11) is 0. The summed E-state index contributed by atoms with van der Waals surface area (Å²) < 4.78 is 0. The highest BCUT2D eigenvalue weighted by Crippen LogP contribution is 2.22. The van der Waals surface area contributed by atoms with Crippen LogP contribution < -0.4 is 15.5 Å². The van der Waals surface area contributed by atoms with E-state index in [9.17, 15) is 4.79 Å². The molecule has 0 saturated carbocycles. The summed E-state index contributed by atoms with van der Waals surface area (Å²) in [6.07, 6.45) is 4.79. The standard InChI is InChI=1S/C20H27N3OS/c1-16(20(24)21-12-11-19-6-5-15-25-19)22-17-7-9-18(10-8-17)23-13-3-2-4-14-23/h5-10,15-16,22H,2-4,11-14H2,1H3,(H,21,24). The molecule has 134 valence electrons. The van der Waals surface area contributed by atoms with Crippen molar-refractivity contribution in [1.82, 2.24) is 5.32 Å². The fourth-order valence-corrected chi connectivity index (χ4v) is 3.86. The van der Waals surface area contributed by atoms with Gasteiger partial charge in [-0.1, -0.05) is 6.07 Å². The molecule has 1 aliphatic heterocycles. The lowest BCUT2D eigenvalue weighted by Crippen LogP contribution is -2.38. The summed E-state index contributed by atoms with van der Waals surface area (Å²) in [5.74, 6) is 0.0386. The summed E-state index contributed by atoms with van der Waals surface area (Å²) in [5, 5.41) is 8.35. The monoisotopic (exact) mass is 357 g/mol. The van der Waals surface area contributed by atoms with Crippen LogP contribution in [0.2, 0.25) is 0 Å². The molecule has 4 nitrogen and oxygen atoms in total. The Kier molecular flexibility index (Phi) is 6.34. The van der Waals surface area contributed by atoms with Crippen LogP contribution in [0.1, 0.15) is 31.1 Å². The van der Waals surface area contributed by atoms with Crippen molar-refractivity contribution in [2.75, 3.05) is 29.9 Å². The average Bonchev–Trinajstić information content (AvgIpc) is 3.16. The topological polar surface area (TPSA) is 44.4 Å². The quantitative estimate of drug-likeness (QED) is 0.790. The van der Waals surface area contributed by atoms with E-state index >= 15 is 0 Å². The molecule has 1 amide bonds. The van der Waals surface area contributed by atoms with Crippen molar-refractivity contribution in [2.24, 2.45) is 0 Å². The molecule has 1 aromatic carbocycles. The van der Waals surface area contributed by atoms with Gasteiger partial charge in [0, 0.05) is 35.9 Å². The third-order valence-electron chi connectivity index (χ3n) is 4.62. The zero-order valence-corrected chi connectivity index (χ0v) is 15.6. The van der Waals surface area contributed by atoms with Crippen molar-refractivity contribution in [2.45, 2.75) is 38.6 Å². The Bertz CT molecular complexity index is 648. The molecule has 2 aromatic rings. The van der Waals surface area contributed by atoms with E-state index in [2.05, 4.69) is 51.2 Å². The van der Waals surface area contributed by atoms with Crippen LogP contribution in [-0.4, -0.2) is 31.6 Å². The maximum Gasteiger partial charge on any atom is 0.242 e. The number of thiophene rings is 1.